The van der Waals surface area contributed by atoms with Crippen molar-refractivity contribution in [2.24, 2.45) is 5.73 Å². The van der Waals surface area contributed by atoms with Crippen molar-refractivity contribution >= 4 is 17.9 Å². The number of esters is 1. The molecule has 0 fully saturated rings. The van der Waals surface area contributed by atoms with Crippen molar-refractivity contribution in [3.63, 3.8) is 0 Å². The van der Waals surface area contributed by atoms with Gasteiger partial charge >= 0.3 is 5.97 Å². The first-order chi connectivity index (χ1) is 13.7. The molecule has 0 bridgehead atoms. The highest BCUT2D eigenvalue weighted by Gasteiger charge is 2.22. The predicted octanol–water partition coefficient (Wildman–Crippen LogP) is 1.87. The van der Waals surface area contributed by atoms with Crippen LogP contribution in [0.15, 0.2) is 24.3 Å². The second kappa shape index (κ2) is 12.6. The van der Waals surface area contributed by atoms with Gasteiger partial charge in [-0.05, 0) is 51.8 Å². The molecule has 7 nitrogen and oxygen atoms in total. The minimum atomic E-state index is -0.681. The van der Waals surface area contributed by atoms with E-state index in [1.807, 2.05) is 59.0 Å². The lowest BCUT2D eigenvalue weighted by atomic mass is 10.1. The Hall–Kier alpha value is -1.96. The molecule has 2 N–H and O–H groups in total. The Morgan fingerprint density at radius 2 is 1.83 bits per heavy atom. The summed E-state index contributed by atoms with van der Waals surface area (Å²) in [5.74, 6) is -0.388. The van der Waals surface area contributed by atoms with Gasteiger partial charge in [0.05, 0.1) is 13.2 Å². The van der Waals surface area contributed by atoms with Crippen LogP contribution in [0.1, 0.15) is 33.3 Å². The molecular weight excluding hydrogens is 370 g/mol. The largest absolute Gasteiger partial charge is 0.459 e. The number of benzene rings is 1. The van der Waals surface area contributed by atoms with Crippen LogP contribution in [0.2, 0.25) is 0 Å². The van der Waals surface area contributed by atoms with Crippen LogP contribution in [0.25, 0.3) is 0 Å². The molecular formula is C22H37N3O4. The molecule has 29 heavy (non-hydrogen) atoms. The van der Waals surface area contributed by atoms with Crippen LogP contribution in [0.3, 0.4) is 0 Å². The number of carbonyl (C=O) groups excluding carboxylic acids is 2. The summed E-state index contributed by atoms with van der Waals surface area (Å²) in [6, 6.07) is 7.31. The average Bonchev–Trinajstić information content (AvgIpc) is 2.65. The maximum absolute atomic E-state index is 12.0. The topological polar surface area (TPSA) is 85.1 Å². The monoisotopic (exact) mass is 407 g/mol. The van der Waals surface area contributed by atoms with Crippen LogP contribution >= 0.6 is 0 Å². The maximum atomic E-state index is 12.0. The van der Waals surface area contributed by atoms with Gasteiger partial charge in [-0.1, -0.05) is 12.1 Å². The van der Waals surface area contributed by atoms with Crippen LogP contribution in [0.5, 0.6) is 0 Å². The number of anilines is 1. The molecule has 7 heteroatoms. The van der Waals surface area contributed by atoms with Crippen LogP contribution in [-0.2, 0) is 25.5 Å². The van der Waals surface area contributed by atoms with Crippen molar-refractivity contribution in [2.45, 2.75) is 45.8 Å². The number of likely N-dealkylation sites (N-methyl/N-ethyl adjacent to an activating group) is 1. The number of hydrogen-bond donors (Lipinski definition) is 1. The number of ether oxygens (including phenoxy) is 2. The van der Waals surface area contributed by atoms with Gasteiger partial charge in [0.25, 0.3) is 0 Å². The Morgan fingerprint density at radius 1 is 1.17 bits per heavy atom. The number of carbonyl (C=O) groups is 2. The van der Waals surface area contributed by atoms with E-state index in [9.17, 15) is 9.59 Å². The van der Waals surface area contributed by atoms with Crippen molar-refractivity contribution in [2.75, 3.05) is 51.3 Å². The Balaban J connectivity index is 2.54. The highest BCUT2D eigenvalue weighted by Crippen LogP contribution is 2.16. The van der Waals surface area contributed by atoms with Gasteiger partial charge in [-0.15, -0.1) is 0 Å². The molecule has 1 aromatic carbocycles. The molecule has 0 aromatic heterocycles. The van der Waals surface area contributed by atoms with E-state index >= 15 is 0 Å². The van der Waals surface area contributed by atoms with E-state index in [2.05, 4.69) is 9.80 Å². The standard InChI is InChI=1S/C22H37N3O4/c1-6-28-16-14-25(13-15-26)12-11-24(5)19-9-7-18(8-10-19)17-20(23)21(27)29-22(2,3)4/h7-10,15,20H,6,11-14,16-17,23H2,1-5H3. The highest BCUT2D eigenvalue weighted by atomic mass is 16.6. The summed E-state index contributed by atoms with van der Waals surface area (Å²) in [7, 11) is 2.02. The normalized spacial score (nSPS) is 12.7. The SMILES string of the molecule is CCOCCN(CC=O)CCN(C)c1ccc(CC(N)C(=O)OC(C)(C)C)cc1. The highest BCUT2D eigenvalue weighted by molar-refractivity contribution is 5.76. The third-order valence-corrected chi connectivity index (χ3v) is 4.38. The number of rotatable bonds is 13. The fourth-order valence-corrected chi connectivity index (χ4v) is 2.76. The fraction of sp³-hybridized carbons (Fsp3) is 0.636. The molecule has 1 aromatic rings. The van der Waals surface area contributed by atoms with Gasteiger partial charge < -0.3 is 24.9 Å². The molecule has 0 spiro atoms. The lowest BCUT2D eigenvalue weighted by Crippen LogP contribution is -2.38. The minimum absolute atomic E-state index is 0.388. The molecule has 0 saturated carbocycles. The van der Waals surface area contributed by atoms with Crippen molar-refractivity contribution in [3.8, 4) is 0 Å². The number of aldehydes is 1. The van der Waals surface area contributed by atoms with E-state index in [4.69, 9.17) is 15.2 Å². The van der Waals surface area contributed by atoms with E-state index in [0.29, 0.717) is 26.2 Å². The third-order valence-electron chi connectivity index (χ3n) is 4.38. The summed E-state index contributed by atoms with van der Waals surface area (Å²) < 4.78 is 10.7. The molecule has 1 unspecified atom stereocenters. The van der Waals surface area contributed by atoms with Gasteiger partial charge in [-0.25, -0.2) is 0 Å². The average molecular weight is 408 g/mol. The molecule has 0 aliphatic carbocycles. The van der Waals surface area contributed by atoms with E-state index in [1.165, 1.54) is 0 Å². The summed E-state index contributed by atoms with van der Waals surface area (Å²) in [6.45, 7) is 11.5. The van der Waals surface area contributed by atoms with E-state index in [1.54, 1.807) is 0 Å². The van der Waals surface area contributed by atoms with Crippen LogP contribution in [0, 0.1) is 0 Å². The first kappa shape index (κ1) is 25.1. The van der Waals surface area contributed by atoms with Crippen molar-refractivity contribution < 1.29 is 19.1 Å². The summed E-state index contributed by atoms with van der Waals surface area (Å²) in [5, 5.41) is 0. The zero-order chi connectivity index (χ0) is 21.9. The first-order valence-corrected chi connectivity index (χ1v) is 10.2. The zero-order valence-electron chi connectivity index (χ0n) is 18.5. The van der Waals surface area contributed by atoms with Crippen LogP contribution in [0.4, 0.5) is 5.69 Å². The number of nitrogens with zero attached hydrogens (tertiary/aromatic N) is 2. The quantitative estimate of drug-likeness (QED) is 0.303. The Morgan fingerprint density at radius 3 is 2.38 bits per heavy atom. The molecule has 0 heterocycles. The fourth-order valence-electron chi connectivity index (χ4n) is 2.76. The molecule has 0 amide bonds. The molecule has 0 radical (unpaired) electrons. The Kier molecular flexibility index (Phi) is 10.9. The van der Waals surface area contributed by atoms with Gasteiger partial charge in [0, 0.05) is 39.0 Å². The lowest BCUT2D eigenvalue weighted by Gasteiger charge is -2.25. The number of hydrogen-bond acceptors (Lipinski definition) is 7. The molecule has 1 rings (SSSR count). The van der Waals surface area contributed by atoms with Gasteiger partial charge in [-0.3, -0.25) is 9.69 Å². The summed E-state index contributed by atoms with van der Waals surface area (Å²) >= 11 is 0. The predicted molar refractivity (Wildman–Crippen MR) is 116 cm³/mol. The smallest absolute Gasteiger partial charge is 0.323 e. The summed E-state index contributed by atoms with van der Waals surface area (Å²) in [6.07, 6.45) is 1.36. The van der Waals surface area contributed by atoms with Crippen LogP contribution in [-0.4, -0.2) is 75.2 Å². The lowest BCUT2D eigenvalue weighted by molar-refractivity contribution is -0.156. The van der Waals surface area contributed by atoms with Gasteiger partial charge in [-0.2, -0.15) is 0 Å². The first-order valence-electron chi connectivity index (χ1n) is 10.2. The van der Waals surface area contributed by atoms with Crippen molar-refractivity contribution in [1.29, 1.82) is 0 Å². The molecule has 1 atom stereocenters. The van der Waals surface area contributed by atoms with E-state index in [0.717, 1.165) is 37.2 Å². The van der Waals surface area contributed by atoms with Gasteiger partial charge in [0.1, 0.15) is 17.9 Å². The summed E-state index contributed by atoms with van der Waals surface area (Å²) in [5.41, 5.74) is 7.50. The zero-order valence-corrected chi connectivity index (χ0v) is 18.5. The Labute approximate surface area is 175 Å². The van der Waals surface area contributed by atoms with Gasteiger partial charge in [0.2, 0.25) is 0 Å². The van der Waals surface area contributed by atoms with Crippen LogP contribution < -0.4 is 10.6 Å². The second-order valence-electron chi connectivity index (χ2n) is 8.10. The van der Waals surface area contributed by atoms with E-state index in [-0.39, 0.29) is 5.97 Å². The molecule has 164 valence electrons. The second-order valence-corrected chi connectivity index (χ2v) is 8.10. The molecule has 0 aliphatic rings. The maximum Gasteiger partial charge on any atom is 0.323 e. The van der Waals surface area contributed by atoms with Crippen molar-refractivity contribution in [3.05, 3.63) is 29.8 Å². The summed E-state index contributed by atoms with van der Waals surface area (Å²) in [4.78, 5) is 27.1. The molecule has 0 aliphatic heterocycles. The Bertz CT molecular complexity index is 613. The third kappa shape index (κ3) is 10.4. The minimum Gasteiger partial charge on any atom is -0.459 e. The number of nitrogens with two attached hydrogens (primary N) is 1. The molecule has 0 saturated heterocycles. The van der Waals surface area contributed by atoms with Crippen molar-refractivity contribution in [1.82, 2.24) is 4.90 Å². The van der Waals surface area contributed by atoms with E-state index < -0.39 is 11.6 Å². The van der Waals surface area contributed by atoms with Gasteiger partial charge in [0.15, 0.2) is 0 Å².